The van der Waals surface area contributed by atoms with Crippen LogP contribution in [0, 0.1) is 6.92 Å². The van der Waals surface area contributed by atoms with Crippen LogP contribution in [0.1, 0.15) is 23.6 Å². The summed E-state index contributed by atoms with van der Waals surface area (Å²) in [6, 6.07) is 6.50. The molecular formula is C13H16. The van der Waals surface area contributed by atoms with Gasteiger partial charge in [0.1, 0.15) is 0 Å². The molecule has 0 heteroatoms. The molecule has 68 valence electrons. The minimum Gasteiger partial charge on any atom is -0.0985 e. The molecule has 0 atom stereocenters. The summed E-state index contributed by atoms with van der Waals surface area (Å²) < 4.78 is 0. The van der Waals surface area contributed by atoms with Gasteiger partial charge in [-0.1, -0.05) is 43.0 Å². The van der Waals surface area contributed by atoms with Gasteiger partial charge in [0.05, 0.1) is 0 Å². The molecule has 13 heavy (non-hydrogen) atoms. The average molecular weight is 172 g/mol. The Morgan fingerprint density at radius 2 is 2.15 bits per heavy atom. The molecule has 0 aliphatic heterocycles. The highest BCUT2D eigenvalue weighted by Gasteiger charge is 1.94. The molecule has 0 saturated carbocycles. The average Bonchev–Trinajstić information content (AvgIpc) is 2.15. The SMILES string of the molecule is C=Cc1ccc(C/C=C/C)cc1C. The van der Waals surface area contributed by atoms with Crippen molar-refractivity contribution in [2.24, 2.45) is 0 Å². The van der Waals surface area contributed by atoms with Crippen molar-refractivity contribution in [2.45, 2.75) is 20.3 Å². The fraction of sp³-hybridized carbons (Fsp3) is 0.231. The molecule has 0 N–H and O–H groups in total. The highest BCUT2D eigenvalue weighted by Crippen LogP contribution is 2.12. The van der Waals surface area contributed by atoms with Crippen LogP contribution in [-0.2, 0) is 6.42 Å². The van der Waals surface area contributed by atoms with E-state index >= 15 is 0 Å². The first kappa shape index (κ1) is 9.79. The molecule has 0 amide bonds. The van der Waals surface area contributed by atoms with Gasteiger partial charge >= 0.3 is 0 Å². The van der Waals surface area contributed by atoms with Crippen molar-refractivity contribution >= 4 is 6.08 Å². The number of allylic oxidation sites excluding steroid dienone is 2. The number of aryl methyl sites for hydroxylation is 1. The first-order chi connectivity index (χ1) is 6.27. The molecule has 0 aliphatic carbocycles. The Morgan fingerprint density at radius 1 is 1.38 bits per heavy atom. The van der Waals surface area contributed by atoms with Crippen molar-refractivity contribution in [3.8, 4) is 0 Å². The summed E-state index contributed by atoms with van der Waals surface area (Å²) in [4.78, 5) is 0. The summed E-state index contributed by atoms with van der Waals surface area (Å²) in [5.41, 5.74) is 3.89. The van der Waals surface area contributed by atoms with E-state index in [0.717, 1.165) is 6.42 Å². The summed E-state index contributed by atoms with van der Waals surface area (Å²) in [7, 11) is 0. The largest absolute Gasteiger partial charge is 0.0985 e. The van der Waals surface area contributed by atoms with E-state index in [0.29, 0.717) is 0 Å². The number of hydrogen-bond acceptors (Lipinski definition) is 0. The molecule has 1 aromatic carbocycles. The minimum atomic E-state index is 1.02. The van der Waals surface area contributed by atoms with Crippen molar-refractivity contribution < 1.29 is 0 Å². The van der Waals surface area contributed by atoms with Crippen LogP contribution < -0.4 is 0 Å². The lowest BCUT2D eigenvalue weighted by Crippen LogP contribution is -1.85. The molecular weight excluding hydrogens is 156 g/mol. The Bertz CT molecular complexity index is 319. The van der Waals surface area contributed by atoms with Crippen molar-refractivity contribution in [3.05, 3.63) is 53.6 Å². The topological polar surface area (TPSA) is 0 Å². The lowest BCUT2D eigenvalue weighted by Gasteiger charge is -2.02. The van der Waals surface area contributed by atoms with Gasteiger partial charge in [0, 0.05) is 0 Å². The molecule has 0 fully saturated rings. The van der Waals surface area contributed by atoms with E-state index in [1.807, 2.05) is 13.0 Å². The summed E-state index contributed by atoms with van der Waals surface area (Å²) >= 11 is 0. The Kier molecular flexibility index (Phi) is 3.51. The van der Waals surface area contributed by atoms with Crippen molar-refractivity contribution in [1.82, 2.24) is 0 Å². The predicted molar refractivity (Wildman–Crippen MR) is 59.8 cm³/mol. The van der Waals surface area contributed by atoms with Crippen LogP contribution in [0.4, 0.5) is 0 Å². The van der Waals surface area contributed by atoms with E-state index in [9.17, 15) is 0 Å². The third-order valence-corrected chi connectivity index (χ3v) is 2.14. The fourth-order valence-electron chi connectivity index (χ4n) is 1.35. The lowest BCUT2D eigenvalue weighted by molar-refractivity contribution is 1.24. The second-order valence-corrected chi connectivity index (χ2v) is 3.17. The van der Waals surface area contributed by atoms with E-state index in [1.165, 1.54) is 16.7 Å². The van der Waals surface area contributed by atoms with Crippen LogP contribution in [-0.4, -0.2) is 0 Å². The standard InChI is InChI=1S/C13H16/c1-4-6-7-12-8-9-13(5-2)11(3)10-12/h4-6,8-10H,2,7H2,1,3H3/b6-4+. The molecule has 0 unspecified atom stereocenters. The first-order valence-corrected chi connectivity index (χ1v) is 4.61. The minimum absolute atomic E-state index is 1.02. The fourth-order valence-corrected chi connectivity index (χ4v) is 1.35. The predicted octanol–water partition coefficient (Wildman–Crippen LogP) is 3.76. The van der Waals surface area contributed by atoms with Crippen molar-refractivity contribution in [1.29, 1.82) is 0 Å². The highest BCUT2D eigenvalue weighted by atomic mass is 14.0. The van der Waals surface area contributed by atoms with Gasteiger partial charge in [0.25, 0.3) is 0 Å². The monoisotopic (exact) mass is 172 g/mol. The Morgan fingerprint density at radius 3 is 2.69 bits per heavy atom. The molecule has 0 heterocycles. The van der Waals surface area contributed by atoms with Crippen LogP contribution in [0.5, 0.6) is 0 Å². The van der Waals surface area contributed by atoms with Gasteiger partial charge in [-0.15, -0.1) is 0 Å². The van der Waals surface area contributed by atoms with Crippen LogP contribution in [0.2, 0.25) is 0 Å². The Hall–Kier alpha value is -1.30. The van der Waals surface area contributed by atoms with Crippen molar-refractivity contribution in [3.63, 3.8) is 0 Å². The molecule has 0 aliphatic rings. The third kappa shape index (κ3) is 2.59. The second kappa shape index (κ2) is 4.66. The summed E-state index contributed by atoms with van der Waals surface area (Å²) in [6.45, 7) is 7.94. The molecule has 0 radical (unpaired) electrons. The van der Waals surface area contributed by atoms with Crippen LogP contribution in [0.3, 0.4) is 0 Å². The number of hydrogen-bond donors (Lipinski definition) is 0. The van der Waals surface area contributed by atoms with Gasteiger partial charge in [-0.25, -0.2) is 0 Å². The maximum atomic E-state index is 3.77. The molecule has 1 aromatic rings. The lowest BCUT2D eigenvalue weighted by atomic mass is 10.0. The van der Waals surface area contributed by atoms with Crippen molar-refractivity contribution in [2.75, 3.05) is 0 Å². The van der Waals surface area contributed by atoms with Gasteiger partial charge < -0.3 is 0 Å². The van der Waals surface area contributed by atoms with Crippen LogP contribution in [0.15, 0.2) is 36.9 Å². The smallest absolute Gasteiger partial charge is 0.00975 e. The summed E-state index contributed by atoms with van der Waals surface area (Å²) in [6.07, 6.45) is 7.17. The molecule has 0 aromatic heterocycles. The molecule has 1 rings (SSSR count). The Labute approximate surface area is 80.6 Å². The quantitative estimate of drug-likeness (QED) is 0.609. The normalized spacial score (nSPS) is 10.6. The summed E-state index contributed by atoms with van der Waals surface area (Å²) in [5.74, 6) is 0. The zero-order chi connectivity index (χ0) is 9.68. The van der Waals surface area contributed by atoms with Crippen LogP contribution >= 0.6 is 0 Å². The second-order valence-electron chi connectivity index (χ2n) is 3.17. The van der Waals surface area contributed by atoms with E-state index in [4.69, 9.17) is 0 Å². The number of benzene rings is 1. The maximum Gasteiger partial charge on any atom is -0.00975 e. The highest BCUT2D eigenvalue weighted by molar-refractivity contribution is 5.52. The summed E-state index contributed by atoms with van der Waals surface area (Å²) in [5, 5.41) is 0. The van der Waals surface area contributed by atoms with Gasteiger partial charge in [-0.3, -0.25) is 0 Å². The molecule has 0 bridgehead atoms. The van der Waals surface area contributed by atoms with Gasteiger partial charge in [-0.05, 0) is 37.0 Å². The van der Waals surface area contributed by atoms with Gasteiger partial charge in [0.2, 0.25) is 0 Å². The molecule has 0 saturated heterocycles. The van der Waals surface area contributed by atoms with Crippen LogP contribution in [0.25, 0.3) is 6.08 Å². The van der Waals surface area contributed by atoms with E-state index in [1.54, 1.807) is 0 Å². The van der Waals surface area contributed by atoms with Gasteiger partial charge in [-0.2, -0.15) is 0 Å². The maximum absolute atomic E-state index is 3.77. The zero-order valence-electron chi connectivity index (χ0n) is 8.38. The Balaban J connectivity index is 2.89. The van der Waals surface area contributed by atoms with E-state index in [-0.39, 0.29) is 0 Å². The third-order valence-electron chi connectivity index (χ3n) is 2.14. The van der Waals surface area contributed by atoms with Gasteiger partial charge in [0.15, 0.2) is 0 Å². The molecule has 0 nitrogen and oxygen atoms in total. The zero-order valence-corrected chi connectivity index (χ0v) is 8.38. The van der Waals surface area contributed by atoms with E-state index < -0.39 is 0 Å². The molecule has 0 spiro atoms. The number of rotatable bonds is 3. The first-order valence-electron chi connectivity index (χ1n) is 4.61. The van der Waals surface area contributed by atoms with E-state index in [2.05, 4.69) is 43.9 Å².